The summed E-state index contributed by atoms with van der Waals surface area (Å²) in [6.45, 7) is 0.981. The zero-order valence-corrected chi connectivity index (χ0v) is 12.7. The zero-order chi connectivity index (χ0) is 13.2. The lowest BCUT2D eigenvalue weighted by atomic mass is 10.0. The maximum absolute atomic E-state index is 6.03. The number of benzene rings is 1. The minimum absolute atomic E-state index is 0.638. The second kappa shape index (κ2) is 5.53. The van der Waals surface area contributed by atoms with Crippen molar-refractivity contribution in [3.05, 3.63) is 22.7 Å². The molecule has 1 aliphatic rings. The summed E-state index contributed by atoms with van der Waals surface area (Å²) in [5.74, 6) is 1.59. The number of nitrogens with zero attached hydrogens (tertiary/aromatic N) is 2. The van der Waals surface area contributed by atoms with Gasteiger partial charge in [0.25, 0.3) is 0 Å². The maximum atomic E-state index is 6.03. The Morgan fingerprint density at radius 3 is 2.89 bits per heavy atom. The molecule has 0 aliphatic heterocycles. The fourth-order valence-corrected chi connectivity index (χ4v) is 3.54. The Hall–Kier alpha value is -1.03. The van der Waals surface area contributed by atoms with Gasteiger partial charge in [-0.15, -0.1) is 0 Å². The first-order valence-electron chi connectivity index (χ1n) is 7.15. The Balaban J connectivity index is 1.72. The number of imidazole rings is 1. The molecule has 4 heteroatoms. The molecule has 1 aliphatic carbocycles. The van der Waals surface area contributed by atoms with E-state index in [1.807, 2.05) is 12.1 Å². The van der Waals surface area contributed by atoms with E-state index < -0.39 is 0 Å². The van der Waals surface area contributed by atoms with E-state index in [9.17, 15) is 0 Å². The SMILES string of the molecule is Nc1nc2ccc(Br)cc2n1CCCC1CCCC1. The Bertz CT molecular complexity index is 570. The Morgan fingerprint density at radius 1 is 1.32 bits per heavy atom. The molecule has 19 heavy (non-hydrogen) atoms. The van der Waals surface area contributed by atoms with Gasteiger partial charge in [0.05, 0.1) is 11.0 Å². The number of halogens is 1. The number of aryl methyl sites for hydroxylation is 1. The smallest absolute Gasteiger partial charge is 0.201 e. The predicted molar refractivity (Wildman–Crippen MR) is 83.0 cm³/mol. The van der Waals surface area contributed by atoms with Crippen molar-refractivity contribution in [3.8, 4) is 0 Å². The van der Waals surface area contributed by atoms with Crippen LogP contribution in [0.3, 0.4) is 0 Å². The van der Waals surface area contributed by atoms with Crippen molar-refractivity contribution in [2.75, 3.05) is 5.73 Å². The van der Waals surface area contributed by atoms with Gasteiger partial charge in [-0.25, -0.2) is 4.98 Å². The molecule has 1 saturated carbocycles. The van der Waals surface area contributed by atoms with Gasteiger partial charge < -0.3 is 10.3 Å². The number of anilines is 1. The Kier molecular flexibility index (Phi) is 3.78. The molecule has 0 unspecified atom stereocenters. The van der Waals surface area contributed by atoms with Crippen molar-refractivity contribution in [2.45, 2.75) is 45.1 Å². The van der Waals surface area contributed by atoms with Crippen molar-refractivity contribution < 1.29 is 0 Å². The molecule has 1 aromatic carbocycles. The van der Waals surface area contributed by atoms with E-state index in [4.69, 9.17) is 5.73 Å². The maximum Gasteiger partial charge on any atom is 0.201 e. The number of hydrogen-bond donors (Lipinski definition) is 1. The summed E-state index contributed by atoms with van der Waals surface area (Å²) < 4.78 is 3.23. The Labute approximate surface area is 122 Å². The minimum Gasteiger partial charge on any atom is -0.369 e. The molecule has 2 N–H and O–H groups in total. The molecule has 0 spiro atoms. The first-order chi connectivity index (χ1) is 9.24. The van der Waals surface area contributed by atoms with Crippen LogP contribution in [0.2, 0.25) is 0 Å². The van der Waals surface area contributed by atoms with Crippen LogP contribution >= 0.6 is 15.9 Å². The van der Waals surface area contributed by atoms with Gasteiger partial charge in [-0.3, -0.25) is 0 Å². The van der Waals surface area contributed by atoms with E-state index in [0.29, 0.717) is 5.95 Å². The van der Waals surface area contributed by atoms with Crippen molar-refractivity contribution >= 4 is 32.9 Å². The molecular weight excluding hydrogens is 302 g/mol. The standard InChI is InChI=1S/C15H20BrN3/c16-12-7-8-13-14(10-12)19(15(17)18-13)9-3-6-11-4-1-2-5-11/h7-8,10-11H,1-6,9H2,(H2,17,18). The second-order valence-corrected chi connectivity index (χ2v) is 6.46. The quantitative estimate of drug-likeness (QED) is 0.909. The van der Waals surface area contributed by atoms with Crippen LogP contribution in [-0.4, -0.2) is 9.55 Å². The van der Waals surface area contributed by atoms with Gasteiger partial charge in [-0.2, -0.15) is 0 Å². The third kappa shape index (κ3) is 2.78. The highest BCUT2D eigenvalue weighted by Gasteiger charge is 2.15. The summed E-state index contributed by atoms with van der Waals surface area (Å²) in [5.41, 5.74) is 8.16. The lowest BCUT2D eigenvalue weighted by molar-refractivity contribution is 0.462. The lowest BCUT2D eigenvalue weighted by Gasteiger charge is -2.10. The molecular formula is C15H20BrN3. The summed E-state index contributed by atoms with van der Waals surface area (Å²) in [6, 6.07) is 6.13. The lowest BCUT2D eigenvalue weighted by Crippen LogP contribution is -2.05. The highest BCUT2D eigenvalue weighted by atomic mass is 79.9. The number of hydrogen-bond acceptors (Lipinski definition) is 2. The second-order valence-electron chi connectivity index (χ2n) is 5.55. The van der Waals surface area contributed by atoms with Crippen molar-refractivity contribution in [1.29, 1.82) is 0 Å². The van der Waals surface area contributed by atoms with E-state index in [1.165, 1.54) is 38.5 Å². The largest absolute Gasteiger partial charge is 0.369 e. The van der Waals surface area contributed by atoms with Gasteiger partial charge in [0.1, 0.15) is 0 Å². The fourth-order valence-electron chi connectivity index (χ4n) is 3.19. The molecule has 3 rings (SSSR count). The van der Waals surface area contributed by atoms with Gasteiger partial charge in [-0.05, 0) is 37.0 Å². The molecule has 1 aromatic heterocycles. The van der Waals surface area contributed by atoms with Gasteiger partial charge in [0.15, 0.2) is 0 Å². The van der Waals surface area contributed by atoms with Crippen molar-refractivity contribution in [2.24, 2.45) is 5.92 Å². The summed E-state index contributed by atoms with van der Waals surface area (Å²) >= 11 is 3.52. The molecule has 0 bridgehead atoms. The third-order valence-electron chi connectivity index (χ3n) is 4.21. The average molecular weight is 322 g/mol. The molecule has 0 saturated heterocycles. The number of nitrogens with two attached hydrogens (primary N) is 1. The van der Waals surface area contributed by atoms with Crippen LogP contribution < -0.4 is 5.73 Å². The number of aromatic nitrogens is 2. The first-order valence-corrected chi connectivity index (χ1v) is 7.94. The average Bonchev–Trinajstić information content (AvgIpc) is 2.99. The normalized spacial score (nSPS) is 16.5. The molecule has 102 valence electrons. The summed E-state index contributed by atoms with van der Waals surface area (Å²) in [5, 5.41) is 0. The van der Waals surface area contributed by atoms with E-state index >= 15 is 0 Å². The van der Waals surface area contributed by atoms with Gasteiger partial charge >= 0.3 is 0 Å². The van der Waals surface area contributed by atoms with Crippen LogP contribution in [0.1, 0.15) is 38.5 Å². The van der Waals surface area contributed by atoms with Crippen molar-refractivity contribution in [1.82, 2.24) is 9.55 Å². The molecule has 3 nitrogen and oxygen atoms in total. The van der Waals surface area contributed by atoms with Crippen LogP contribution in [0, 0.1) is 5.92 Å². The first kappa shape index (κ1) is 13.0. The number of rotatable bonds is 4. The summed E-state index contributed by atoms with van der Waals surface area (Å²) in [6.07, 6.45) is 8.22. The summed E-state index contributed by atoms with van der Waals surface area (Å²) in [7, 11) is 0. The predicted octanol–water partition coefficient (Wildman–Crippen LogP) is 4.35. The molecule has 1 fully saturated rings. The van der Waals surface area contributed by atoms with Gasteiger partial charge in [0.2, 0.25) is 5.95 Å². The van der Waals surface area contributed by atoms with Crippen LogP contribution in [0.4, 0.5) is 5.95 Å². The topological polar surface area (TPSA) is 43.8 Å². The van der Waals surface area contributed by atoms with E-state index in [0.717, 1.165) is 28.0 Å². The third-order valence-corrected chi connectivity index (χ3v) is 4.70. The highest BCUT2D eigenvalue weighted by Crippen LogP contribution is 2.29. The highest BCUT2D eigenvalue weighted by molar-refractivity contribution is 9.10. The van der Waals surface area contributed by atoms with E-state index in [-0.39, 0.29) is 0 Å². The van der Waals surface area contributed by atoms with Gasteiger partial charge in [0, 0.05) is 11.0 Å². The fraction of sp³-hybridized carbons (Fsp3) is 0.533. The van der Waals surface area contributed by atoms with E-state index in [2.05, 4.69) is 31.5 Å². The number of fused-ring (bicyclic) bond motifs is 1. The number of nitrogen functional groups attached to an aromatic ring is 1. The van der Waals surface area contributed by atoms with Crippen LogP contribution in [0.15, 0.2) is 22.7 Å². The Morgan fingerprint density at radius 2 is 2.11 bits per heavy atom. The summed E-state index contributed by atoms with van der Waals surface area (Å²) in [4.78, 5) is 4.42. The monoisotopic (exact) mass is 321 g/mol. The van der Waals surface area contributed by atoms with Crippen LogP contribution in [-0.2, 0) is 6.54 Å². The van der Waals surface area contributed by atoms with E-state index in [1.54, 1.807) is 0 Å². The van der Waals surface area contributed by atoms with Crippen LogP contribution in [0.25, 0.3) is 11.0 Å². The zero-order valence-electron chi connectivity index (χ0n) is 11.1. The molecule has 2 aromatic rings. The minimum atomic E-state index is 0.638. The molecule has 0 atom stereocenters. The molecule has 0 radical (unpaired) electrons. The van der Waals surface area contributed by atoms with Gasteiger partial charge in [-0.1, -0.05) is 41.6 Å². The molecule has 1 heterocycles. The van der Waals surface area contributed by atoms with Crippen LogP contribution in [0.5, 0.6) is 0 Å². The van der Waals surface area contributed by atoms with Crippen molar-refractivity contribution in [3.63, 3.8) is 0 Å². The molecule has 0 amide bonds.